The van der Waals surface area contributed by atoms with Crippen LogP contribution in [0.25, 0.3) is 0 Å². The fourth-order valence-corrected chi connectivity index (χ4v) is 5.76. The molecule has 7 nitrogen and oxygen atoms in total. The molecule has 0 spiro atoms. The Kier molecular flexibility index (Phi) is 9.82. The molecule has 2 amide bonds. The first-order valence-corrected chi connectivity index (χ1v) is 14.3. The number of anilines is 1. The average Bonchev–Trinajstić information content (AvgIpc) is 2.86. The summed E-state index contributed by atoms with van der Waals surface area (Å²) in [5.41, 5.74) is 2.65. The van der Waals surface area contributed by atoms with Gasteiger partial charge in [-0.3, -0.25) is 13.9 Å². The van der Waals surface area contributed by atoms with Crippen molar-refractivity contribution < 1.29 is 18.0 Å². The fourth-order valence-electron chi connectivity index (χ4n) is 3.89. The fraction of sp³-hybridized carbons (Fsp3) is 0.286. The molecule has 0 aliphatic carbocycles. The highest BCUT2D eigenvalue weighted by molar-refractivity contribution is 7.92. The summed E-state index contributed by atoms with van der Waals surface area (Å²) in [5, 5.41) is 3.49. The van der Waals surface area contributed by atoms with Gasteiger partial charge in [0.05, 0.1) is 10.6 Å². The van der Waals surface area contributed by atoms with Crippen molar-refractivity contribution in [2.24, 2.45) is 0 Å². The molecule has 0 saturated heterocycles. The minimum absolute atomic E-state index is 0.0145. The van der Waals surface area contributed by atoms with Crippen LogP contribution < -0.4 is 9.62 Å². The standard InChI is InChI=1S/C28H31Cl2N3O4S/c1-5-31-28(35)21(4)32(17-22-11-12-23(29)16-26(22)30)27(34)18-33(24-8-6-7-20(3)15-24)38(36,37)25-13-9-19(2)10-14-25/h6-16,21H,5,17-18H2,1-4H3,(H,31,35)/t21-/m1/s1. The Morgan fingerprint density at radius 3 is 2.24 bits per heavy atom. The minimum Gasteiger partial charge on any atom is -0.355 e. The second kappa shape index (κ2) is 12.7. The number of carbonyl (C=O) groups excluding carboxylic acids is 2. The highest BCUT2D eigenvalue weighted by Gasteiger charge is 2.32. The molecule has 0 heterocycles. The van der Waals surface area contributed by atoms with Crippen molar-refractivity contribution in [1.29, 1.82) is 0 Å². The first-order chi connectivity index (χ1) is 17.9. The topological polar surface area (TPSA) is 86.8 Å². The van der Waals surface area contributed by atoms with E-state index in [4.69, 9.17) is 23.2 Å². The number of amides is 2. The Bertz CT molecular complexity index is 1410. The monoisotopic (exact) mass is 575 g/mol. The molecular formula is C28H31Cl2N3O4S. The molecule has 10 heteroatoms. The Morgan fingerprint density at radius 1 is 0.947 bits per heavy atom. The molecule has 0 aromatic heterocycles. The summed E-state index contributed by atoms with van der Waals surface area (Å²) in [6.07, 6.45) is 0. The van der Waals surface area contributed by atoms with E-state index in [1.807, 2.05) is 19.9 Å². The van der Waals surface area contributed by atoms with Crippen LogP contribution >= 0.6 is 23.2 Å². The van der Waals surface area contributed by atoms with Crippen LogP contribution in [0.15, 0.2) is 71.6 Å². The summed E-state index contributed by atoms with van der Waals surface area (Å²) < 4.78 is 28.7. The third-order valence-electron chi connectivity index (χ3n) is 6.05. The molecule has 0 aliphatic rings. The van der Waals surface area contributed by atoms with E-state index in [1.165, 1.54) is 17.0 Å². The van der Waals surface area contributed by atoms with Gasteiger partial charge in [0.1, 0.15) is 12.6 Å². The second-order valence-electron chi connectivity index (χ2n) is 8.99. The van der Waals surface area contributed by atoms with Crippen molar-refractivity contribution in [3.05, 3.63) is 93.5 Å². The quantitative estimate of drug-likeness (QED) is 0.352. The molecule has 0 unspecified atom stereocenters. The van der Waals surface area contributed by atoms with E-state index in [9.17, 15) is 18.0 Å². The molecule has 1 N–H and O–H groups in total. The van der Waals surface area contributed by atoms with Crippen LogP contribution in [-0.4, -0.2) is 44.3 Å². The summed E-state index contributed by atoms with van der Waals surface area (Å²) >= 11 is 12.4. The van der Waals surface area contributed by atoms with E-state index >= 15 is 0 Å². The number of likely N-dealkylation sites (N-methyl/N-ethyl adjacent to an activating group) is 1. The molecule has 202 valence electrons. The summed E-state index contributed by atoms with van der Waals surface area (Å²) in [6.45, 7) is 6.92. The molecule has 0 bridgehead atoms. The van der Waals surface area contributed by atoms with E-state index in [0.717, 1.165) is 15.4 Å². The lowest BCUT2D eigenvalue weighted by atomic mass is 10.1. The van der Waals surface area contributed by atoms with Gasteiger partial charge in [-0.15, -0.1) is 0 Å². The lowest BCUT2D eigenvalue weighted by molar-refractivity contribution is -0.139. The molecule has 0 radical (unpaired) electrons. The van der Waals surface area contributed by atoms with Crippen molar-refractivity contribution in [2.75, 3.05) is 17.4 Å². The van der Waals surface area contributed by atoms with Gasteiger partial charge in [-0.1, -0.05) is 59.1 Å². The Hall–Kier alpha value is -3.07. The van der Waals surface area contributed by atoms with Gasteiger partial charge in [0.15, 0.2) is 0 Å². The van der Waals surface area contributed by atoms with Crippen LogP contribution in [0.3, 0.4) is 0 Å². The third-order valence-corrected chi connectivity index (χ3v) is 8.43. The third kappa shape index (κ3) is 7.07. The van der Waals surface area contributed by atoms with Crippen molar-refractivity contribution in [3.63, 3.8) is 0 Å². The Balaban J connectivity index is 2.05. The number of aryl methyl sites for hydroxylation is 2. The van der Waals surface area contributed by atoms with Gasteiger partial charge >= 0.3 is 0 Å². The number of benzene rings is 3. The highest BCUT2D eigenvalue weighted by atomic mass is 35.5. The average molecular weight is 577 g/mol. The van der Waals surface area contributed by atoms with Crippen LogP contribution in [0.2, 0.25) is 10.0 Å². The Labute approximate surface area is 234 Å². The largest absolute Gasteiger partial charge is 0.355 e. The molecule has 38 heavy (non-hydrogen) atoms. The first kappa shape index (κ1) is 29.5. The maximum Gasteiger partial charge on any atom is 0.264 e. The van der Waals surface area contributed by atoms with Crippen molar-refractivity contribution in [2.45, 2.75) is 45.2 Å². The zero-order chi connectivity index (χ0) is 28.0. The lowest BCUT2D eigenvalue weighted by Crippen LogP contribution is -2.51. The molecule has 1 atom stereocenters. The Morgan fingerprint density at radius 2 is 1.63 bits per heavy atom. The van der Waals surface area contributed by atoms with E-state index in [-0.39, 0.29) is 17.3 Å². The summed E-state index contributed by atoms with van der Waals surface area (Å²) in [7, 11) is -4.12. The lowest BCUT2D eigenvalue weighted by Gasteiger charge is -2.32. The van der Waals surface area contributed by atoms with Gasteiger partial charge in [0.25, 0.3) is 10.0 Å². The van der Waals surface area contributed by atoms with Gasteiger partial charge in [-0.05, 0) is 75.2 Å². The van der Waals surface area contributed by atoms with E-state index in [0.29, 0.717) is 27.8 Å². The molecule has 0 aliphatic heterocycles. The van der Waals surface area contributed by atoms with Crippen LogP contribution in [0, 0.1) is 13.8 Å². The molecular weight excluding hydrogens is 545 g/mol. The van der Waals surface area contributed by atoms with E-state index in [2.05, 4.69) is 5.32 Å². The van der Waals surface area contributed by atoms with Gasteiger partial charge < -0.3 is 10.2 Å². The molecule has 3 rings (SSSR count). The summed E-state index contributed by atoms with van der Waals surface area (Å²) in [5.74, 6) is -0.929. The summed E-state index contributed by atoms with van der Waals surface area (Å²) in [4.78, 5) is 28.0. The number of halogens is 2. The van der Waals surface area contributed by atoms with E-state index in [1.54, 1.807) is 62.4 Å². The maximum absolute atomic E-state index is 13.8. The molecule has 3 aromatic carbocycles. The van der Waals surface area contributed by atoms with E-state index < -0.39 is 28.5 Å². The minimum atomic E-state index is -4.12. The van der Waals surface area contributed by atoms with Crippen LogP contribution in [0.4, 0.5) is 5.69 Å². The summed E-state index contributed by atoms with van der Waals surface area (Å²) in [6, 6.07) is 17.3. The zero-order valence-electron chi connectivity index (χ0n) is 21.7. The normalized spacial score (nSPS) is 12.1. The molecule has 3 aromatic rings. The number of carbonyl (C=O) groups is 2. The number of sulfonamides is 1. The number of hydrogen-bond donors (Lipinski definition) is 1. The molecule has 0 fully saturated rings. The van der Waals surface area contributed by atoms with Gasteiger partial charge in [-0.25, -0.2) is 8.42 Å². The zero-order valence-corrected chi connectivity index (χ0v) is 24.1. The van der Waals surface area contributed by atoms with Gasteiger partial charge in [0.2, 0.25) is 11.8 Å². The molecule has 0 saturated carbocycles. The van der Waals surface area contributed by atoms with Crippen LogP contribution in [-0.2, 0) is 26.2 Å². The van der Waals surface area contributed by atoms with Crippen LogP contribution in [0.1, 0.15) is 30.5 Å². The number of hydrogen-bond acceptors (Lipinski definition) is 4. The SMILES string of the molecule is CCNC(=O)[C@@H](C)N(Cc1ccc(Cl)cc1Cl)C(=O)CN(c1cccc(C)c1)S(=O)(=O)c1ccc(C)cc1. The van der Waals surface area contributed by atoms with Crippen molar-refractivity contribution in [1.82, 2.24) is 10.2 Å². The number of rotatable bonds is 10. The van der Waals surface area contributed by atoms with Gasteiger partial charge in [-0.2, -0.15) is 0 Å². The highest BCUT2D eigenvalue weighted by Crippen LogP contribution is 2.27. The second-order valence-corrected chi connectivity index (χ2v) is 11.7. The first-order valence-electron chi connectivity index (χ1n) is 12.1. The predicted molar refractivity (Wildman–Crippen MR) is 152 cm³/mol. The number of nitrogens with one attached hydrogen (secondary N) is 1. The number of nitrogens with zero attached hydrogens (tertiary/aromatic N) is 2. The predicted octanol–water partition coefficient (Wildman–Crippen LogP) is 5.36. The maximum atomic E-state index is 13.8. The van der Waals surface area contributed by atoms with Crippen LogP contribution in [0.5, 0.6) is 0 Å². The van der Waals surface area contributed by atoms with Crippen molar-refractivity contribution >= 4 is 50.7 Å². The smallest absolute Gasteiger partial charge is 0.264 e. The van der Waals surface area contributed by atoms with Crippen molar-refractivity contribution in [3.8, 4) is 0 Å². The van der Waals surface area contributed by atoms with Gasteiger partial charge in [0, 0.05) is 23.1 Å².